The van der Waals surface area contributed by atoms with Gasteiger partial charge in [-0.25, -0.2) is 0 Å². The van der Waals surface area contributed by atoms with Crippen molar-refractivity contribution in [2.75, 3.05) is 14.1 Å². The first-order valence-corrected chi connectivity index (χ1v) is 3.18. The molecule has 1 nitrogen and oxygen atoms in total. The van der Waals surface area contributed by atoms with Gasteiger partial charge < -0.3 is 4.90 Å². The summed E-state index contributed by atoms with van der Waals surface area (Å²) in [5.74, 6) is 0.625. The third kappa shape index (κ3) is 3.08. The van der Waals surface area contributed by atoms with E-state index in [1.807, 2.05) is 0 Å². The molecular weight excluding hydrogens is 96.9 g/mol. The summed E-state index contributed by atoms with van der Waals surface area (Å²) in [6.45, 7) is 4.36. The zero-order valence-corrected chi connectivity index (χ0v) is 6.31. The second-order valence-corrected chi connectivity index (χ2v) is 2.35. The van der Waals surface area contributed by atoms with Gasteiger partial charge in [-0.15, -0.1) is 0 Å². The van der Waals surface area contributed by atoms with Crippen molar-refractivity contribution in [2.45, 2.75) is 26.1 Å². The molecule has 0 saturated heterocycles. The highest BCUT2D eigenvalue weighted by Crippen LogP contribution is 1.90. The Balaban J connectivity index is 3.17. The first-order valence-electron chi connectivity index (χ1n) is 3.18. The first kappa shape index (κ1) is 8.02. The van der Waals surface area contributed by atoms with E-state index in [1.54, 1.807) is 0 Å². The maximum atomic E-state index is 2.29. The Morgan fingerprint density at radius 1 is 1.50 bits per heavy atom. The largest absolute Gasteiger partial charge is 0.315 e. The molecule has 2 heteroatoms. The van der Waals surface area contributed by atoms with Gasteiger partial charge in [0.1, 0.15) is 7.28 Å². The minimum Gasteiger partial charge on any atom is -0.315 e. The zero-order chi connectivity index (χ0) is 6.57. The molecular formula is C6H15BN. The predicted octanol–water partition coefficient (Wildman–Crippen LogP) is 1.04. The van der Waals surface area contributed by atoms with Crippen molar-refractivity contribution >= 4 is 7.28 Å². The van der Waals surface area contributed by atoms with E-state index >= 15 is 0 Å². The van der Waals surface area contributed by atoms with Gasteiger partial charge in [0.15, 0.2) is 0 Å². The molecule has 0 amide bonds. The number of nitrogens with zero attached hydrogens (tertiary/aromatic N) is 1. The Labute approximate surface area is 53.3 Å². The monoisotopic (exact) mass is 112 g/mol. The average molecular weight is 112 g/mol. The fourth-order valence-corrected chi connectivity index (χ4v) is 0.552. The zero-order valence-electron chi connectivity index (χ0n) is 6.31. The van der Waals surface area contributed by atoms with Crippen molar-refractivity contribution in [3.8, 4) is 0 Å². The molecule has 0 saturated carbocycles. The maximum Gasteiger partial charge on any atom is 0.132 e. The van der Waals surface area contributed by atoms with E-state index in [4.69, 9.17) is 0 Å². The highest BCUT2D eigenvalue weighted by Gasteiger charge is 2.01. The molecule has 0 aliphatic heterocycles. The van der Waals surface area contributed by atoms with Crippen LogP contribution in [0.4, 0.5) is 0 Å². The third-order valence-electron chi connectivity index (χ3n) is 1.39. The molecule has 0 aromatic rings. The van der Waals surface area contributed by atoms with E-state index in [9.17, 15) is 0 Å². The number of rotatable bonds is 3. The van der Waals surface area contributed by atoms with Crippen molar-refractivity contribution in [1.29, 1.82) is 0 Å². The summed E-state index contributed by atoms with van der Waals surface area (Å²) in [6.07, 6.45) is 1.17. The van der Waals surface area contributed by atoms with Gasteiger partial charge in [0.05, 0.1) is 0 Å². The normalized spacial score (nSPS) is 14.1. The molecule has 0 spiro atoms. The second-order valence-electron chi connectivity index (χ2n) is 2.35. The fourth-order valence-electron chi connectivity index (χ4n) is 0.552. The topological polar surface area (TPSA) is 3.24 Å². The van der Waals surface area contributed by atoms with Gasteiger partial charge in [-0.1, -0.05) is 20.2 Å². The standard InChI is InChI=1S/C6H15BN/c1-5-7-6(2)8(3)4/h6H,5H2,1-4H3. The van der Waals surface area contributed by atoms with Crippen molar-refractivity contribution in [3.63, 3.8) is 0 Å². The van der Waals surface area contributed by atoms with Crippen molar-refractivity contribution in [1.82, 2.24) is 4.90 Å². The summed E-state index contributed by atoms with van der Waals surface area (Å²) in [6, 6.07) is 0. The SMILES string of the molecule is CC[B]C(C)N(C)C. The van der Waals surface area contributed by atoms with Crippen LogP contribution in [0.2, 0.25) is 6.32 Å². The second kappa shape index (κ2) is 3.96. The highest BCUT2D eigenvalue weighted by atomic mass is 15.1. The molecule has 0 fully saturated rings. The van der Waals surface area contributed by atoms with Gasteiger partial charge in [0, 0.05) is 0 Å². The lowest BCUT2D eigenvalue weighted by atomic mass is 9.67. The molecule has 0 aromatic heterocycles. The van der Waals surface area contributed by atoms with Crippen molar-refractivity contribution < 1.29 is 0 Å². The van der Waals surface area contributed by atoms with Gasteiger partial charge in [-0.3, -0.25) is 0 Å². The minimum absolute atomic E-state index is 0.625. The Hall–Kier alpha value is 0.0249. The summed E-state index contributed by atoms with van der Waals surface area (Å²) < 4.78 is 0. The van der Waals surface area contributed by atoms with Crippen molar-refractivity contribution in [3.05, 3.63) is 0 Å². The number of hydrogen-bond acceptors (Lipinski definition) is 1. The quantitative estimate of drug-likeness (QED) is 0.493. The van der Waals surface area contributed by atoms with E-state index in [2.05, 4.69) is 40.1 Å². The molecule has 1 unspecified atom stereocenters. The highest BCUT2D eigenvalue weighted by molar-refractivity contribution is 6.37. The molecule has 0 bridgehead atoms. The van der Waals surface area contributed by atoms with E-state index in [0.717, 1.165) is 0 Å². The summed E-state index contributed by atoms with van der Waals surface area (Å²) in [5.41, 5.74) is 0. The van der Waals surface area contributed by atoms with Crippen LogP contribution in [0.25, 0.3) is 0 Å². The summed E-state index contributed by atoms with van der Waals surface area (Å²) in [4.78, 5) is 2.20. The molecule has 0 N–H and O–H groups in total. The predicted molar refractivity (Wildman–Crippen MR) is 39.4 cm³/mol. The van der Waals surface area contributed by atoms with E-state index in [-0.39, 0.29) is 0 Å². The van der Waals surface area contributed by atoms with E-state index < -0.39 is 0 Å². The van der Waals surface area contributed by atoms with Crippen LogP contribution in [0.15, 0.2) is 0 Å². The molecule has 0 aromatic carbocycles. The minimum atomic E-state index is 0.625. The number of hydrogen-bond donors (Lipinski definition) is 0. The molecule has 47 valence electrons. The molecule has 1 radical (unpaired) electrons. The average Bonchev–Trinajstić information content (AvgIpc) is 1.67. The van der Waals surface area contributed by atoms with Gasteiger partial charge in [-0.05, 0) is 20.0 Å². The smallest absolute Gasteiger partial charge is 0.132 e. The van der Waals surface area contributed by atoms with Crippen LogP contribution in [0.5, 0.6) is 0 Å². The van der Waals surface area contributed by atoms with Crippen LogP contribution in [0, 0.1) is 0 Å². The van der Waals surface area contributed by atoms with E-state index in [0.29, 0.717) is 5.94 Å². The Kier molecular flexibility index (Phi) is 3.97. The maximum absolute atomic E-state index is 2.29. The Morgan fingerprint density at radius 3 is 2.12 bits per heavy atom. The van der Waals surface area contributed by atoms with Gasteiger partial charge in [0.2, 0.25) is 0 Å². The molecule has 1 atom stereocenters. The fraction of sp³-hybridized carbons (Fsp3) is 1.00. The third-order valence-corrected chi connectivity index (χ3v) is 1.39. The lowest BCUT2D eigenvalue weighted by molar-refractivity contribution is 0.391. The summed E-state index contributed by atoms with van der Waals surface area (Å²) in [7, 11) is 6.48. The van der Waals surface area contributed by atoms with Crippen LogP contribution < -0.4 is 0 Å². The summed E-state index contributed by atoms with van der Waals surface area (Å²) in [5, 5.41) is 0. The van der Waals surface area contributed by atoms with Gasteiger partial charge in [-0.2, -0.15) is 0 Å². The van der Waals surface area contributed by atoms with E-state index in [1.165, 1.54) is 6.32 Å². The van der Waals surface area contributed by atoms with Gasteiger partial charge in [0.25, 0.3) is 0 Å². The molecule has 0 heterocycles. The Morgan fingerprint density at radius 2 is 2.00 bits per heavy atom. The van der Waals surface area contributed by atoms with Crippen molar-refractivity contribution in [2.24, 2.45) is 0 Å². The van der Waals surface area contributed by atoms with Crippen LogP contribution in [-0.4, -0.2) is 32.2 Å². The Bertz CT molecular complexity index is 54.5. The van der Waals surface area contributed by atoms with Crippen LogP contribution in [-0.2, 0) is 0 Å². The van der Waals surface area contributed by atoms with Crippen LogP contribution in [0.1, 0.15) is 13.8 Å². The van der Waals surface area contributed by atoms with Crippen LogP contribution >= 0.6 is 0 Å². The molecule has 0 rings (SSSR count). The lowest BCUT2D eigenvalue weighted by Gasteiger charge is -2.17. The molecule has 8 heavy (non-hydrogen) atoms. The lowest BCUT2D eigenvalue weighted by Crippen LogP contribution is -2.29. The molecule has 0 aliphatic carbocycles. The molecule has 0 aliphatic rings. The van der Waals surface area contributed by atoms with Crippen LogP contribution in [0.3, 0.4) is 0 Å². The summed E-state index contributed by atoms with van der Waals surface area (Å²) >= 11 is 0. The first-order chi connectivity index (χ1) is 3.68. The van der Waals surface area contributed by atoms with Gasteiger partial charge >= 0.3 is 0 Å².